The fourth-order valence-corrected chi connectivity index (χ4v) is 4.73. The molecular weight excluding hydrogens is 502 g/mol. The number of aryl methyl sites for hydroxylation is 2. The van der Waals surface area contributed by atoms with E-state index in [2.05, 4.69) is 10.3 Å². The van der Waals surface area contributed by atoms with E-state index >= 15 is 0 Å². The highest BCUT2D eigenvalue weighted by Crippen LogP contribution is 2.13. The third-order valence-electron chi connectivity index (χ3n) is 6.91. The average Bonchev–Trinajstić information content (AvgIpc) is 3.31. The minimum Gasteiger partial charge on any atom is -0.508 e. The van der Waals surface area contributed by atoms with Crippen molar-refractivity contribution in [2.24, 2.45) is 14.1 Å². The number of unbranched alkanes of at least 4 members (excludes halogenated alkanes) is 7. The van der Waals surface area contributed by atoms with Crippen LogP contribution >= 0.6 is 0 Å². The third-order valence-corrected chi connectivity index (χ3v) is 6.91. The van der Waals surface area contributed by atoms with Crippen LogP contribution in [0.15, 0.2) is 40.2 Å². The smallest absolute Gasteiger partial charge is 0.332 e. The molecule has 0 fully saturated rings. The fraction of sp³-hybridized carbons (Fsp3) is 0.571. The lowest BCUT2D eigenvalue weighted by Crippen LogP contribution is -2.39. The van der Waals surface area contributed by atoms with Crippen molar-refractivity contribution < 1.29 is 19.7 Å². The highest BCUT2D eigenvalue weighted by molar-refractivity contribution is 5.76. The molecule has 2 aromatic heterocycles. The van der Waals surface area contributed by atoms with Gasteiger partial charge in [0.2, 0.25) is 5.91 Å². The molecule has 0 saturated carbocycles. The number of hydrogen-bond donors (Lipinski definition) is 2. The van der Waals surface area contributed by atoms with Gasteiger partial charge in [0, 0.05) is 27.1 Å². The highest BCUT2D eigenvalue weighted by atomic mass is 17.2. The third kappa shape index (κ3) is 8.79. The monoisotopic (exact) mass is 543 g/mol. The van der Waals surface area contributed by atoms with E-state index in [0.29, 0.717) is 30.6 Å². The summed E-state index contributed by atoms with van der Waals surface area (Å²) in [6.45, 7) is 0.648. The lowest BCUT2D eigenvalue weighted by Gasteiger charge is -2.18. The van der Waals surface area contributed by atoms with Crippen molar-refractivity contribution in [2.75, 3.05) is 13.7 Å². The molecule has 11 nitrogen and oxygen atoms in total. The van der Waals surface area contributed by atoms with Crippen molar-refractivity contribution in [2.45, 2.75) is 76.8 Å². The molecule has 0 spiro atoms. The molecule has 0 aliphatic carbocycles. The Bertz CT molecular complexity index is 1310. The number of fused-ring (bicyclic) bond motifs is 1. The second-order valence-electron chi connectivity index (χ2n) is 9.99. The fourth-order valence-electron chi connectivity index (χ4n) is 4.73. The van der Waals surface area contributed by atoms with Crippen molar-refractivity contribution in [3.8, 4) is 5.75 Å². The number of carbonyl (C=O) groups is 1. The van der Waals surface area contributed by atoms with E-state index in [1.807, 2.05) is 12.1 Å². The maximum Gasteiger partial charge on any atom is 0.332 e. The summed E-state index contributed by atoms with van der Waals surface area (Å²) in [5.74, 6) is 0.194. The molecule has 0 saturated heterocycles. The molecule has 1 aromatic carbocycles. The first-order valence-electron chi connectivity index (χ1n) is 13.7. The first kappa shape index (κ1) is 30.1. The quantitative estimate of drug-likeness (QED) is 0.152. The second-order valence-corrected chi connectivity index (χ2v) is 9.99. The van der Waals surface area contributed by atoms with Gasteiger partial charge < -0.3 is 15.0 Å². The van der Waals surface area contributed by atoms with Crippen molar-refractivity contribution in [3.05, 3.63) is 57.0 Å². The summed E-state index contributed by atoms with van der Waals surface area (Å²) in [6.07, 6.45) is 10.4. The molecule has 1 unspecified atom stereocenters. The molecule has 39 heavy (non-hydrogen) atoms. The molecule has 11 heteroatoms. The van der Waals surface area contributed by atoms with Crippen LogP contribution in [0.2, 0.25) is 0 Å². The summed E-state index contributed by atoms with van der Waals surface area (Å²) in [6, 6.07) is 6.67. The predicted octanol–water partition coefficient (Wildman–Crippen LogP) is 2.96. The van der Waals surface area contributed by atoms with E-state index in [4.69, 9.17) is 9.78 Å². The van der Waals surface area contributed by atoms with Crippen LogP contribution in [0.3, 0.4) is 0 Å². The predicted molar refractivity (Wildman–Crippen MR) is 148 cm³/mol. The van der Waals surface area contributed by atoms with Gasteiger partial charge in [-0.15, -0.1) is 0 Å². The largest absolute Gasteiger partial charge is 0.508 e. The van der Waals surface area contributed by atoms with E-state index in [1.165, 1.54) is 16.2 Å². The van der Waals surface area contributed by atoms with Gasteiger partial charge in [-0.2, -0.15) is 0 Å². The maximum atomic E-state index is 12.7. The lowest BCUT2D eigenvalue weighted by atomic mass is 10.1. The number of phenols is 1. The Kier molecular flexibility index (Phi) is 11.8. The van der Waals surface area contributed by atoms with Crippen LogP contribution in [-0.4, -0.2) is 49.5 Å². The van der Waals surface area contributed by atoms with Crippen LogP contribution in [0.25, 0.3) is 11.2 Å². The Morgan fingerprint density at radius 1 is 1.00 bits per heavy atom. The molecule has 3 aromatic rings. The van der Waals surface area contributed by atoms with Crippen molar-refractivity contribution in [1.29, 1.82) is 0 Å². The van der Waals surface area contributed by atoms with Gasteiger partial charge in [-0.1, -0.05) is 50.7 Å². The molecule has 3 rings (SSSR count). The van der Waals surface area contributed by atoms with Gasteiger partial charge in [0.1, 0.15) is 12.4 Å². The number of nitrogens with zero attached hydrogens (tertiary/aromatic N) is 4. The molecule has 0 radical (unpaired) electrons. The topological polar surface area (TPSA) is 130 Å². The van der Waals surface area contributed by atoms with Gasteiger partial charge in [-0.3, -0.25) is 18.7 Å². The van der Waals surface area contributed by atoms with Crippen molar-refractivity contribution >= 4 is 17.1 Å². The van der Waals surface area contributed by atoms with Crippen LogP contribution < -0.4 is 16.6 Å². The summed E-state index contributed by atoms with van der Waals surface area (Å²) >= 11 is 0. The summed E-state index contributed by atoms with van der Waals surface area (Å²) in [4.78, 5) is 51.6. The molecular formula is C28H41N5O6. The summed E-state index contributed by atoms with van der Waals surface area (Å²) in [7, 11) is 4.83. The maximum absolute atomic E-state index is 12.7. The van der Waals surface area contributed by atoms with Gasteiger partial charge in [0.25, 0.3) is 5.56 Å². The summed E-state index contributed by atoms with van der Waals surface area (Å²) < 4.78 is 4.40. The van der Waals surface area contributed by atoms with Crippen molar-refractivity contribution in [1.82, 2.24) is 24.0 Å². The minimum atomic E-state index is -0.326. The Morgan fingerprint density at radius 2 is 1.64 bits per heavy atom. The first-order chi connectivity index (χ1) is 18.8. The highest BCUT2D eigenvalue weighted by Gasteiger charge is 2.15. The number of rotatable bonds is 17. The van der Waals surface area contributed by atoms with Crippen LogP contribution in [0.1, 0.15) is 63.4 Å². The number of nitrogens with one attached hydrogen (secondary N) is 1. The Balaban J connectivity index is 1.28. The normalized spacial score (nSPS) is 12.2. The zero-order valence-electron chi connectivity index (χ0n) is 23.2. The number of hydrogen-bond acceptors (Lipinski definition) is 7. The zero-order chi connectivity index (χ0) is 28.2. The van der Waals surface area contributed by atoms with Crippen molar-refractivity contribution in [3.63, 3.8) is 0 Å². The van der Waals surface area contributed by atoms with E-state index < -0.39 is 0 Å². The van der Waals surface area contributed by atoms with E-state index in [0.717, 1.165) is 56.9 Å². The summed E-state index contributed by atoms with van der Waals surface area (Å²) in [5.41, 5.74) is 1.24. The van der Waals surface area contributed by atoms with Crippen LogP contribution in [-0.2, 0) is 41.6 Å². The zero-order valence-corrected chi connectivity index (χ0v) is 23.2. The van der Waals surface area contributed by atoms with E-state index in [-0.39, 0.29) is 35.6 Å². The van der Waals surface area contributed by atoms with Gasteiger partial charge in [-0.25, -0.2) is 19.6 Å². The van der Waals surface area contributed by atoms with Crippen LogP contribution in [0.5, 0.6) is 5.75 Å². The van der Waals surface area contributed by atoms with Gasteiger partial charge in [0.05, 0.1) is 19.5 Å². The number of carbonyl (C=O) groups excluding carboxylic acids is 1. The molecule has 214 valence electrons. The average molecular weight is 544 g/mol. The first-order valence-corrected chi connectivity index (χ1v) is 13.7. The van der Waals surface area contributed by atoms with E-state index in [1.54, 1.807) is 37.1 Å². The molecule has 2 N–H and O–H groups in total. The van der Waals surface area contributed by atoms with Crippen LogP contribution in [0.4, 0.5) is 0 Å². The Morgan fingerprint density at radius 3 is 2.31 bits per heavy atom. The van der Waals surface area contributed by atoms with E-state index in [9.17, 15) is 19.5 Å². The Hall–Kier alpha value is -3.44. The Labute approximate surface area is 228 Å². The molecule has 0 aliphatic heterocycles. The second kappa shape index (κ2) is 15.2. The number of benzene rings is 1. The molecule has 2 heterocycles. The van der Waals surface area contributed by atoms with Crippen LogP contribution in [0, 0.1) is 0 Å². The molecule has 0 aliphatic rings. The van der Waals surface area contributed by atoms with Gasteiger partial charge >= 0.3 is 5.69 Å². The minimum absolute atomic E-state index is 0.0100. The number of phenolic OH excluding ortho intramolecular Hbond substituents is 1. The molecule has 1 atom stereocenters. The number of imidazole rings is 1. The standard InChI is InChI=1S/C28H41N5O6/c1-31-20-29-26-25(31)27(36)33(28(37)32(26)2)17-11-9-7-5-4-6-8-10-12-24(35)30-22(19-39-38-3)18-21-13-15-23(34)16-14-21/h13-16,20,22,34H,4-12,17-19H2,1-3H3,(H,30,35). The SMILES string of the molecule is COOCC(Cc1ccc(O)cc1)NC(=O)CCCCCCCCCCn1c(=O)c2c(ncn2C)n(C)c1=O. The van der Waals surface area contributed by atoms with Gasteiger partial charge in [-0.05, 0) is 37.0 Å². The molecule has 1 amide bonds. The number of aromatic hydroxyl groups is 1. The number of amides is 1. The summed E-state index contributed by atoms with van der Waals surface area (Å²) in [5, 5.41) is 12.5. The lowest BCUT2D eigenvalue weighted by molar-refractivity contribution is -0.275. The number of aromatic nitrogens is 4. The molecule has 0 bridgehead atoms. The van der Waals surface area contributed by atoms with Gasteiger partial charge in [0.15, 0.2) is 11.2 Å².